The van der Waals surface area contributed by atoms with Crippen molar-refractivity contribution in [2.24, 2.45) is 5.92 Å². The number of carbonyl (C=O) groups excluding carboxylic acids is 2. The fourth-order valence-corrected chi connectivity index (χ4v) is 5.82. The third-order valence-corrected chi connectivity index (χ3v) is 7.69. The molecule has 1 heterocycles. The molecule has 4 nitrogen and oxygen atoms in total. The number of carbonyl (C=O) groups is 2. The molecule has 4 aromatic rings. The lowest BCUT2D eigenvalue weighted by molar-refractivity contribution is -0.123. The first-order valence-corrected chi connectivity index (χ1v) is 13.2. The number of hydrogen-bond donors (Lipinski definition) is 1. The number of rotatable bonds is 3. The summed E-state index contributed by atoms with van der Waals surface area (Å²) in [6.07, 6.45) is 2.48. The van der Waals surface area contributed by atoms with E-state index in [9.17, 15) is 9.59 Å². The van der Waals surface area contributed by atoms with Crippen molar-refractivity contribution < 1.29 is 9.59 Å². The van der Waals surface area contributed by atoms with E-state index >= 15 is 0 Å². The molecule has 0 fully saturated rings. The first kappa shape index (κ1) is 24.2. The molecule has 0 radical (unpaired) electrons. The van der Waals surface area contributed by atoms with Gasteiger partial charge in [-0.1, -0.05) is 90.0 Å². The summed E-state index contributed by atoms with van der Waals surface area (Å²) in [5.41, 5.74) is 5.97. The van der Waals surface area contributed by atoms with Crippen molar-refractivity contribution in [1.29, 1.82) is 0 Å². The monoisotopic (exact) mass is 518 g/mol. The summed E-state index contributed by atoms with van der Waals surface area (Å²) < 4.78 is 0. The molecule has 5 heteroatoms. The molecule has 0 saturated heterocycles. The highest BCUT2D eigenvalue weighted by Crippen LogP contribution is 2.48. The number of amides is 1. The quantitative estimate of drug-likeness (QED) is 0.302. The van der Waals surface area contributed by atoms with Gasteiger partial charge in [0.15, 0.2) is 0 Å². The predicted octanol–water partition coefficient (Wildman–Crippen LogP) is 7.72. The van der Waals surface area contributed by atoms with Gasteiger partial charge in [0.2, 0.25) is 0 Å². The van der Waals surface area contributed by atoms with Gasteiger partial charge in [0.05, 0.1) is 23.3 Å². The molecule has 38 heavy (non-hydrogen) atoms. The van der Waals surface area contributed by atoms with E-state index in [1.54, 1.807) is 0 Å². The van der Waals surface area contributed by atoms with Crippen LogP contribution >= 0.6 is 11.6 Å². The lowest BCUT2D eigenvalue weighted by Crippen LogP contribution is -2.42. The molecule has 0 saturated carbocycles. The summed E-state index contributed by atoms with van der Waals surface area (Å²) in [5, 5.41) is 4.21. The normalized spacial score (nSPS) is 20.5. The van der Waals surface area contributed by atoms with Crippen molar-refractivity contribution in [3.05, 3.63) is 142 Å². The number of benzene rings is 4. The lowest BCUT2D eigenvalue weighted by Gasteiger charge is -2.37. The van der Waals surface area contributed by atoms with Gasteiger partial charge in [0.1, 0.15) is 5.78 Å². The van der Waals surface area contributed by atoms with Crippen molar-refractivity contribution in [2.75, 3.05) is 10.2 Å². The summed E-state index contributed by atoms with van der Waals surface area (Å²) in [4.78, 5) is 30.1. The minimum absolute atomic E-state index is 0.0872. The molecule has 4 aromatic carbocycles. The fourth-order valence-electron chi connectivity index (χ4n) is 5.62. The Morgan fingerprint density at radius 1 is 0.868 bits per heavy atom. The van der Waals surface area contributed by atoms with Crippen LogP contribution in [0, 0.1) is 12.8 Å². The minimum Gasteiger partial charge on any atom is -0.357 e. The fraction of sp³-hybridized carbons (Fsp3) is 0.152. The van der Waals surface area contributed by atoms with Crippen LogP contribution in [0.5, 0.6) is 0 Å². The van der Waals surface area contributed by atoms with Crippen LogP contribution in [0.3, 0.4) is 0 Å². The van der Waals surface area contributed by atoms with E-state index in [-0.39, 0.29) is 17.6 Å². The standard InChI is InChI=1S/C33H27ClN2O2/c1-21-14-16-22(17-15-21)32-31-28(19-25(20-30(31)37)24-10-7-11-26(34)18-24)35-27-12-5-6-13-29(27)36(32)33(38)23-8-3-2-4-9-23/h2-19,25,31-32,35H,20H2,1H3/t25-,31+,32-/m1/s1. The third-order valence-electron chi connectivity index (χ3n) is 7.46. The van der Waals surface area contributed by atoms with E-state index in [1.807, 2.05) is 115 Å². The van der Waals surface area contributed by atoms with Crippen LogP contribution < -0.4 is 10.2 Å². The van der Waals surface area contributed by atoms with Crippen molar-refractivity contribution in [1.82, 2.24) is 0 Å². The topological polar surface area (TPSA) is 49.4 Å². The number of nitrogens with zero attached hydrogens (tertiary/aromatic N) is 1. The van der Waals surface area contributed by atoms with Gasteiger partial charge in [0, 0.05) is 28.6 Å². The average molecular weight is 519 g/mol. The zero-order valence-corrected chi connectivity index (χ0v) is 21.7. The first-order chi connectivity index (χ1) is 18.5. The minimum atomic E-state index is -0.548. The molecule has 0 bridgehead atoms. The molecular formula is C33H27ClN2O2. The SMILES string of the molecule is Cc1ccc([C@@H]2[C@@H]3C(=O)C[C@H](c4cccc(Cl)c4)C=C3Nc3ccccc3N2C(=O)c2ccccc2)cc1. The van der Waals surface area contributed by atoms with Gasteiger partial charge in [-0.2, -0.15) is 0 Å². The van der Waals surface area contributed by atoms with Crippen LogP contribution in [0.4, 0.5) is 11.4 Å². The molecule has 0 unspecified atom stereocenters. The number of para-hydroxylation sites is 2. The maximum absolute atomic E-state index is 14.2. The number of ketones is 1. The number of fused-ring (bicyclic) bond motifs is 2. The molecule has 188 valence electrons. The Bertz CT molecular complexity index is 1550. The summed E-state index contributed by atoms with van der Waals surface area (Å²) >= 11 is 6.29. The van der Waals surface area contributed by atoms with Gasteiger partial charge >= 0.3 is 0 Å². The highest BCUT2D eigenvalue weighted by Gasteiger charge is 2.45. The Morgan fingerprint density at radius 2 is 1.61 bits per heavy atom. The number of anilines is 2. The maximum atomic E-state index is 14.2. The molecule has 6 rings (SSSR count). The van der Waals surface area contributed by atoms with Crippen LogP contribution in [0.2, 0.25) is 5.02 Å². The van der Waals surface area contributed by atoms with E-state index in [2.05, 4.69) is 11.4 Å². The number of nitrogens with one attached hydrogen (secondary N) is 1. The number of halogens is 1. The van der Waals surface area contributed by atoms with E-state index in [0.717, 1.165) is 33.8 Å². The van der Waals surface area contributed by atoms with Gasteiger partial charge < -0.3 is 5.32 Å². The Morgan fingerprint density at radius 3 is 2.37 bits per heavy atom. The summed E-state index contributed by atoms with van der Waals surface area (Å²) in [7, 11) is 0. The molecule has 0 spiro atoms. The van der Waals surface area contributed by atoms with E-state index in [0.29, 0.717) is 17.0 Å². The zero-order chi connectivity index (χ0) is 26.2. The second kappa shape index (κ2) is 9.96. The molecule has 3 atom stereocenters. The van der Waals surface area contributed by atoms with Crippen LogP contribution in [0.25, 0.3) is 0 Å². The number of hydrogen-bond acceptors (Lipinski definition) is 3. The molecule has 1 amide bonds. The van der Waals surface area contributed by atoms with Crippen molar-refractivity contribution in [3.8, 4) is 0 Å². The summed E-state index contributed by atoms with van der Waals surface area (Å²) in [6.45, 7) is 2.04. The molecule has 1 aliphatic heterocycles. The second-order valence-corrected chi connectivity index (χ2v) is 10.4. The van der Waals surface area contributed by atoms with Crippen molar-refractivity contribution in [2.45, 2.75) is 25.3 Å². The molecule has 2 aliphatic rings. The predicted molar refractivity (Wildman–Crippen MR) is 153 cm³/mol. The molecular weight excluding hydrogens is 492 g/mol. The Hall–Kier alpha value is -4.15. The van der Waals surface area contributed by atoms with Gasteiger partial charge in [-0.3, -0.25) is 14.5 Å². The van der Waals surface area contributed by atoms with Gasteiger partial charge in [-0.25, -0.2) is 0 Å². The highest BCUT2D eigenvalue weighted by molar-refractivity contribution is 6.30. The highest BCUT2D eigenvalue weighted by atomic mass is 35.5. The van der Waals surface area contributed by atoms with Crippen LogP contribution in [-0.2, 0) is 4.79 Å². The number of aryl methyl sites for hydroxylation is 1. The van der Waals surface area contributed by atoms with Gasteiger partial charge in [0.25, 0.3) is 5.91 Å². The van der Waals surface area contributed by atoms with E-state index in [1.165, 1.54) is 0 Å². The van der Waals surface area contributed by atoms with Crippen LogP contribution in [0.15, 0.2) is 115 Å². The Kier molecular flexibility index (Phi) is 6.34. The summed E-state index contributed by atoms with van der Waals surface area (Å²) in [6, 6.07) is 32.4. The van der Waals surface area contributed by atoms with E-state index in [4.69, 9.17) is 11.6 Å². The van der Waals surface area contributed by atoms with Crippen molar-refractivity contribution >= 4 is 34.7 Å². The summed E-state index contributed by atoms with van der Waals surface area (Å²) in [5.74, 6) is -0.712. The first-order valence-electron chi connectivity index (χ1n) is 12.8. The molecule has 1 aliphatic carbocycles. The number of allylic oxidation sites excluding steroid dienone is 1. The lowest BCUT2D eigenvalue weighted by atomic mass is 9.76. The second-order valence-electron chi connectivity index (χ2n) is 9.97. The van der Waals surface area contributed by atoms with Gasteiger partial charge in [-0.05, 0) is 54.4 Å². The van der Waals surface area contributed by atoms with Crippen LogP contribution in [0.1, 0.15) is 45.4 Å². The van der Waals surface area contributed by atoms with E-state index < -0.39 is 12.0 Å². The third kappa shape index (κ3) is 4.42. The Labute approximate surface area is 227 Å². The Balaban J connectivity index is 1.56. The van der Waals surface area contributed by atoms with Crippen molar-refractivity contribution in [3.63, 3.8) is 0 Å². The smallest absolute Gasteiger partial charge is 0.258 e. The van der Waals surface area contributed by atoms with Crippen LogP contribution in [-0.4, -0.2) is 11.7 Å². The number of Topliss-reactive ketones (excluding diaryl/α,β-unsaturated/α-hetero) is 1. The maximum Gasteiger partial charge on any atom is 0.258 e. The van der Waals surface area contributed by atoms with Gasteiger partial charge in [-0.15, -0.1) is 0 Å². The zero-order valence-electron chi connectivity index (χ0n) is 21.0. The molecule has 1 N–H and O–H groups in total. The largest absolute Gasteiger partial charge is 0.357 e. The molecule has 0 aromatic heterocycles. The average Bonchev–Trinajstić information content (AvgIpc) is 3.08.